The quantitative estimate of drug-likeness (QED) is 0.396. The van der Waals surface area contributed by atoms with Crippen molar-refractivity contribution in [2.45, 2.75) is 6.18 Å². The van der Waals surface area contributed by atoms with Crippen molar-refractivity contribution in [3.63, 3.8) is 0 Å². The van der Waals surface area contributed by atoms with Crippen LogP contribution in [0, 0.1) is 0 Å². The fraction of sp³-hybridized carbons (Fsp3) is 0.0714. The molecule has 0 saturated carbocycles. The van der Waals surface area contributed by atoms with Gasteiger partial charge in [0.05, 0.1) is 5.56 Å². The minimum Gasteiger partial charge on any atom is -0.457 e. The minimum atomic E-state index is -4.41. The molecule has 110 valence electrons. The summed E-state index contributed by atoms with van der Waals surface area (Å²) in [6, 6.07) is 7.86. The highest BCUT2D eigenvalue weighted by Gasteiger charge is 2.30. The Morgan fingerprint density at radius 3 is 2.67 bits per heavy atom. The molecule has 0 fully saturated rings. The summed E-state index contributed by atoms with van der Waals surface area (Å²) in [7, 11) is 0. The summed E-state index contributed by atoms with van der Waals surface area (Å²) in [5, 5.41) is 0. The van der Waals surface area contributed by atoms with Crippen LogP contribution in [0.5, 0.6) is 0 Å². The summed E-state index contributed by atoms with van der Waals surface area (Å²) < 4.78 is 43.3. The van der Waals surface area contributed by atoms with Crippen LogP contribution in [0.1, 0.15) is 11.3 Å². The SMILES string of the molecule is NNC(=O)/C=C/c1ccc(-c2cccc(C(F)(F)F)c2)o1. The topological polar surface area (TPSA) is 68.3 Å². The van der Waals surface area contributed by atoms with Gasteiger partial charge in [-0.25, -0.2) is 5.84 Å². The van der Waals surface area contributed by atoms with Crippen molar-refractivity contribution < 1.29 is 22.4 Å². The maximum Gasteiger partial charge on any atom is 0.416 e. The minimum absolute atomic E-state index is 0.272. The number of nitrogens with two attached hydrogens (primary N) is 1. The molecule has 1 aromatic carbocycles. The Balaban J connectivity index is 2.26. The predicted octanol–water partition coefficient (Wildman–Crippen LogP) is 2.97. The molecule has 4 nitrogen and oxygen atoms in total. The van der Waals surface area contributed by atoms with Crippen molar-refractivity contribution in [2.75, 3.05) is 0 Å². The Morgan fingerprint density at radius 1 is 1.24 bits per heavy atom. The third-order valence-electron chi connectivity index (χ3n) is 2.64. The van der Waals surface area contributed by atoms with Crippen molar-refractivity contribution >= 4 is 12.0 Å². The number of halogens is 3. The first-order valence-corrected chi connectivity index (χ1v) is 5.86. The highest BCUT2D eigenvalue weighted by molar-refractivity contribution is 5.90. The van der Waals surface area contributed by atoms with Crippen LogP contribution in [0.4, 0.5) is 13.2 Å². The van der Waals surface area contributed by atoms with Crippen molar-refractivity contribution in [1.29, 1.82) is 0 Å². The Morgan fingerprint density at radius 2 is 2.00 bits per heavy atom. The lowest BCUT2D eigenvalue weighted by Crippen LogP contribution is -2.27. The summed E-state index contributed by atoms with van der Waals surface area (Å²) in [5.41, 5.74) is 1.45. The van der Waals surface area contributed by atoms with Crippen LogP contribution >= 0.6 is 0 Å². The number of benzene rings is 1. The number of hydrogen-bond donors (Lipinski definition) is 2. The second kappa shape index (κ2) is 5.84. The maximum absolute atomic E-state index is 12.6. The third kappa shape index (κ3) is 3.73. The van der Waals surface area contributed by atoms with Gasteiger partial charge >= 0.3 is 6.18 Å². The lowest BCUT2D eigenvalue weighted by molar-refractivity contribution is -0.137. The summed E-state index contributed by atoms with van der Waals surface area (Å²) >= 11 is 0. The highest BCUT2D eigenvalue weighted by Crippen LogP contribution is 2.32. The van der Waals surface area contributed by atoms with E-state index >= 15 is 0 Å². The van der Waals surface area contributed by atoms with Crippen molar-refractivity contribution in [3.8, 4) is 11.3 Å². The van der Waals surface area contributed by atoms with Gasteiger partial charge in [0.1, 0.15) is 11.5 Å². The Bertz CT molecular complexity index is 675. The summed E-state index contributed by atoms with van der Waals surface area (Å²) in [5.74, 6) is 4.98. The number of amides is 1. The van der Waals surface area contributed by atoms with Crippen molar-refractivity contribution in [2.24, 2.45) is 5.84 Å². The maximum atomic E-state index is 12.6. The second-order valence-corrected chi connectivity index (χ2v) is 4.12. The molecule has 2 rings (SSSR count). The molecular weight excluding hydrogens is 285 g/mol. The smallest absolute Gasteiger partial charge is 0.416 e. The first kappa shape index (κ1) is 14.9. The van der Waals surface area contributed by atoms with Crippen molar-refractivity contribution in [1.82, 2.24) is 5.43 Å². The first-order valence-electron chi connectivity index (χ1n) is 5.86. The number of nitrogens with one attached hydrogen (secondary N) is 1. The van der Waals surface area contributed by atoms with E-state index in [9.17, 15) is 18.0 Å². The molecule has 1 amide bonds. The summed E-state index contributed by atoms with van der Waals surface area (Å²) in [6.07, 6.45) is -1.90. The average molecular weight is 296 g/mol. The Hall–Kier alpha value is -2.54. The zero-order valence-corrected chi connectivity index (χ0v) is 10.6. The molecule has 0 saturated heterocycles. The van der Waals surface area contributed by atoms with Gasteiger partial charge in [-0.3, -0.25) is 10.2 Å². The zero-order chi connectivity index (χ0) is 15.5. The van der Waals surface area contributed by atoms with E-state index in [2.05, 4.69) is 0 Å². The summed E-state index contributed by atoms with van der Waals surface area (Å²) in [4.78, 5) is 10.9. The number of alkyl halides is 3. The van der Waals surface area contributed by atoms with E-state index in [1.165, 1.54) is 30.3 Å². The average Bonchev–Trinajstić information content (AvgIpc) is 2.93. The first-order chi connectivity index (χ1) is 9.90. The molecule has 2 aromatic rings. The van der Waals surface area contributed by atoms with Gasteiger partial charge in [0.15, 0.2) is 0 Å². The number of rotatable bonds is 3. The molecule has 0 radical (unpaired) electrons. The molecule has 0 unspecified atom stereocenters. The van der Waals surface area contributed by atoms with Crippen molar-refractivity contribution in [3.05, 3.63) is 53.8 Å². The van der Waals surface area contributed by atoms with E-state index < -0.39 is 17.6 Å². The molecule has 21 heavy (non-hydrogen) atoms. The molecule has 1 aromatic heterocycles. The van der Waals surface area contributed by atoms with Gasteiger partial charge in [0.25, 0.3) is 5.91 Å². The van der Waals surface area contributed by atoms with Gasteiger partial charge in [-0.1, -0.05) is 12.1 Å². The molecule has 7 heteroatoms. The lowest BCUT2D eigenvalue weighted by atomic mass is 10.1. The van der Waals surface area contributed by atoms with Gasteiger partial charge < -0.3 is 4.42 Å². The van der Waals surface area contributed by atoms with Gasteiger partial charge in [-0.2, -0.15) is 13.2 Å². The molecule has 0 spiro atoms. The monoisotopic (exact) mass is 296 g/mol. The molecule has 0 aliphatic carbocycles. The number of hydrazine groups is 1. The third-order valence-corrected chi connectivity index (χ3v) is 2.64. The molecular formula is C14H11F3N2O2. The Labute approximate surface area is 118 Å². The van der Waals surface area contributed by atoms with E-state index in [1.54, 1.807) is 0 Å². The second-order valence-electron chi connectivity index (χ2n) is 4.12. The zero-order valence-electron chi connectivity index (χ0n) is 10.6. The van der Waals surface area contributed by atoms with E-state index in [0.717, 1.165) is 18.2 Å². The highest BCUT2D eigenvalue weighted by atomic mass is 19.4. The molecule has 0 aliphatic rings. The van der Waals surface area contributed by atoms with Crippen LogP contribution in [0.2, 0.25) is 0 Å². The van der Waals surface area contributed by atoms with Crippen LogP contribution in [0.15, 0.2) is 46.9 Å². The number of carbonyl (C=O) groups is 1. The van der Waals surface area contributed by atoms with Crippen LogP contribution in [0.3, 0.4) is 0 Å². The largest absolute Gasteiger partial charge is 0.457 e. The molecule has 1 heterocycles. The fourth-order valence-electron chi connectivity index (χ4n) is 1.65. The fourth-order valence-corrected chi connectivity index (χ4v) is 1.65. The van der Waals surface area contributed by atoms with Gasteiger partial charge in [-0.15, -0.1) is 0 Å². The van der Waals surface area contributed by atoms with E-state index in [-0.39, 0.29) is 5.76 Å². The van der Waals surface area contributed by atoms with E-state index in [4.69, 9.17) is 10.3 Å². The number of carbonyl (C=O) groups excluding carboxylic acids is 1. The van der Waals surface area contributed by atoms with E-state index in [1.807, 2.05) is 5.43 Å². The molecule has 0 aliphatic heterocycles. The van der Waals surface area contributed by atoms with Gasteiger partial charge in [0.2, 0.25) is 0 Å². The van der Waals surface area contributed by atoms with E-state index in [0.29, 0.717) is 11.3 Å². The van der Waals surface area contributed by atoms with Crippen LogP contribution in [0.25, 0.3) is 17.4 Å². The summed E-state index contributed by atoms with van der Waals surface area (Å²) in [6.45, 7) is 0. The lowest BCUT2D eigenvalue weighted by Gasteiger charge is -2.07. The van der Waals surface area contributed by atoms with Crippen LogP contribution < -0.4 is 11.3 Å². The number of hydrogen-bond acceptors (Lipinski definition) is 3. The molecule has 0 bridgehead atoms. The standard InChI is InChI=1S/C14H11F3N2O2/c15-14(16,17)10-3-1-2-9(8-10)12-6-4-11(21-12)5-7-13(20)19-18/h1-8H,18H2,(H,19,20)/b7-5+. The predicted molar refractivity (Wildman–Crippen MR) is 70.5 cm³/mol. The number of furan rings is 1. The van der Waals surface area contributed by atoms with Gasteiger partial charge in [0, 0.05) is 11.6 Å². The van der Waals surface area contributed by atoms with Gasteiger partial charge in [-0.05, 0) is 30.3 Å². The molecule has 0 atom stereocenters. The molecule has 3 N–H and O–H groups in total. The normalized spacial score (nSPS) is 11.8. The van der Waals surface area contributed by atoms with Crippen LogP contribution in [-0.4, -0.2) is 5.91 Å². The Kier molecular flexibility index (Phi) is 4.13. The van der Waals surface area contributed by atoms with Crippen LogP contribution in [-0.2, 0) is 11.0 Å².